The van der Waals surface area contributed by atoms with E-state index in [9.17, 15) is 13.6 Å². The van der Waals surface area contributed by atoms with Crippen molar-refractivity contribution in [2.75, 3.05) is 13.2 Å². The third-order valence-electron chi connectivity index (χ3n) is 5.44. The second-order valence-electron chi connectivity index (χ2n) is 9.17. The predicted molar refractivity (Wildman–Crippen MR) is 126 cm³/mol. The van der Waals surface area contributed by atoms with Gasteiger partial charge in [-0.05, 0) is 48.2 Å². The zero-order valence-electron chi connectivity index (χ0n) is 19.3. The van der Waals surface area contributed by atoms with Gasteiger partial charge < -0.3 is 20.4 Å². The summed E-state index contributed by atoms with van der Waals surface area (Å²) in [7, 11) is 0. The van der Waals surface area contributed by atoms with Crippen molar-refractivity contribution in [3.8, 4) is 11.1 Å². The minimum atomic E-state index is -0.791. The van der Waals surface area contributed by atoms with Crippen molar-refractivity contribution in [3.05, 3.63) is 83.7 Å². The number of hydrogen-bond donors (Lipinski definition) is 2. The first kappa shape index (κ1) is 24.5. The van der Waals surface area contributed by atoms with Gasteiger partial charge in [-0.3, -0.25) is 0 Å². The molecule has 0 saturated carbocycles. The van der Waals surface area contributed by atoms with Gasteiger partial charge in [0, 0.05) is 29.6 Å². The summed E-state index contributed by atoms with van der Waals surface area (Å²) in [5.41, 5.74) is 7.74. The monoisotopic (exact) mass is 455 g/mol. The van der Waals surface area contributed by atoms with Crippen LogP contribution in [0.15, 0.2) is 60.8 Å². The molecule has 0 unspecified atom stereocenters. The molecule has 0 fully saturated rings. The summed E-state index contributed by atoms with van der Waals surface area (Å²) < 4.78 is 35.4. The Bertz CT molecular complexity index is 1070. The third-order valence-corrected chi connectivity index (χ3v) is 5.44. The van der Waals surface area contributed by atoms with Gasteiger partial charge in [0.05, 0.1) is 12.6 Å². The minimum Gasteiger partial charge on any atom is -0.450 e. The summed E-state index contributed by atoms with van der Waals surface area (Å²) in [6, 6.07) is 15.3. The molecule has 2 aromatic carbocycles. The van der Waals surface area contributed by atoms with Crippen LogP contribution in [0.5, 0.6) is 0 Å². The van der Waals surface area contributed by atoms with Gasteiger partial charge in [0.25, 0.3) is 0 Å². The fraction of sp³-hybridized carbons (Fsp3) is 0.346. The highest BCUT2D eigenvalue weighted by Crippen LogP contribution is 2.37. The first-order valence-electron chi connectivity index (χ1n) is 11.0. The van der Waals surface area contributed by atoms with E-state index in [0.717, 1.165) is 23.4 Å². The van der Waals surface area contributed by atoms with Gasteiger partial charge in [0.15, 0.2) is 0 Å². The Hall–Kier alpha value is -3.19. The van der Waals surface area contributed by atoms with Crippen LogP contribution in [0.4, 0.5) is 13.6 Å². The molecule has 0 radical (unpaired) electrons. The number of nitrogens with two attached hydrogens (primary N) is 1. The Balaban J connectivity index is 1.97. The summed E-state index contributed by atoms with van der Waals surface area (Å²) in [6.07, 6.45) is 1.68. The second kappa shape index (κ2) is 10.6. The van der Waals surface area contributed by atoms with Crippen molar-refractivity contribution in [3.63, 3.8) is 0 Å². The van der Waals surface area contributed by atoms with E-state index in [-0.39, 0.29) is 23.6 Å². The highest BCUT2D eigenvalue weighted by atomic mass is 19.1. The largest absolute Gasteiger partial charge is 0.450 e. The number of nitrogens with one attached hydrogen (secondary N) is 1. The molecule has 7 heteroatoms. The van der Waals surface area contributed by atoms with Crippen LogP contribution in [-0.2, 0) is 11.3 Å². The molecule has 0 saturated heterocycles. The van der Waals surface area contributed by atoms with Gasteiger partial charge in [0.1, 0.15) is 11.6 Å². The highest BCUT2D eigenvalue weighted by Gasteiger charge is 2.29. The molecule has 1 amide bonds. The molecule has 176 valence electrons. The van der Waals surface area contributed by atoms with Crippen molar-refractivity contribution in [2.45, 2.75) is 39.8 Å². The molecule has 3 N–H and O–H groups in total. The summed E-state index contributed by atoms with van der Waals surface area (Å²) >= 11 is 0. The van der Waals surface area contributed by atoms with Gasteiger partial charge >= 0.3 is 6.09 Å². The lowest BCUT2D eigenvalue weighted by atomic mass is 9.84. The Labute approximate surface area is 193 Å². The smallest absolute Gasteiger partial charge is 0.404 e. The lowest BCUT2D eigenvalue weighted by Gasteiger charge is -2.33. The molecular weight excluding hydrogens is 424 g/mol. The topological polar surface area (TPSA) is 69.3 Å². The molecule has 0 aliphatic heterocycles. The SMILES string of the molecule is CC(C)(C)[C@@H](NCCCOC(N)=O)c1cc(-c2cc(F)ccc2F)cn1Cc1ccccc1. The number of ether oxygens (including phenoxy) is 1. The van der Waals surface area contributed by atoms with Crippen molar-refractivity contribution >= 4 is 6.09 Å². The van der Waals surface area contributed by atoms with E-state index in [4.69, 9.17) is 10.5 Å². The Morgan fingerprint density at radius 1 is 1.12 bits per heavy atom. The maximum atomic E-state index is 14.6. The number of halogens is 2. The molecule has 1 heterocycles. The molecule has 3 aromatic rings. The normalized spacial score (nSPS) is 12.5. The second-order valence-corrected chi connectivity index (χ2v) is 9.17. The van der Waals surface area contributed by atoms with E-state index < -0.39 is 17.7 Å². The van der Waals surface area contributed by atoms with E-state index >= 15 is 0 Å². The molecule has 5 nitrogen and oxygen atoms in total. The lowest BCUT2D eigenvalue weighted by molar-refractivity contribution is 0.153. The van der Waals surface area contributed by atoms with Crippen LogP contribution in [0.2, 0.25) is 0 Å². The van der Waals surface area contributed by atoms with E-state index in [1.165, 1.54) is 6.07 Å². The number of benzene rings is 2. The first-order chi connectivity index (χ1) is 15.6. The molecule has 3 rings (SSSR count). The van der Waals surface area contributed by atoms with Crippen LogP contribution < -0.4 is 11.1 Å². The van der Waals surface area contributed by atoms with Gasteiger partial charge in [-0.15, -0.1) is 0 Å². The average molecular weight is 456 g/mol. The van der Waals surface area contributed by atoms with Gasteiger partial charge in [0.2, 0.25) is 0 Å². The summed E-state index contributed by atoms with van der Waals surface area (Å²) in [4.78, 5) is 10.8. The first-order valence-corrected chi connectivity index (χ1v) is 11.0. The molecule has 33 heavy (non-hydrogen) atoms. The number of aromatic nitrogens is 1. The van der Waals surface area contributed by atoms with Crippen LogP contribution in [0.3, 0.4) is 0 Å². The number of carbonyl (C=O) groups is 1. The summed E-state index contributed by atoms with van der Waals surface area (Å²) in [5, 5.41) is 3.55. The van der Waals surface area contributed by atoms with E-state index in [1.807, 2.05) is 42.6 Å². The fourth-order valence-electron chi connectivity index (χ4n) is 3.90. The number of primary amides is 1. The summed E-state index contributed by atoms with van der Waals surface area (Å²) in [6.45, 7) is 7.76. The van der Waals surface area contributed by atoms with Crippen LogP contribution in [-0.4, -0.2) is 23.8 Å². The van der Waals surface area contributed by atoms with Crippen molar-refractivity contribution in [1.82, 2.24) is 9.88 Å². The number of amides is 1. The van der Waals surface area contributed by atoms with Gasteiger partial charge in [-0.1, -0.05) is 51.1 Å². The van der Waals surface area contributed by atoms with Gasteiger partial charge in [-0.2, -0.15) is 0 Å². The Kier molecular flexibility index (Phi) is 7.87. The molecule has 1 aromatic heterocycles. The quantitative estimate of drug-likeness (QED) is 0.410. The zero-order chi connectivity index (χ0) is 24.0. The fourth-order valence-corrected chi connectivity index (χ4v) is 3.90. The maximum absolute atomic E-state index is 14.6. The number of rotatable bonds is 9. The molecular formula is C26H31F2N3O2. The molecule has 0 aliphatic rings. The lowest BCUT2D eigenvalue weighted by Crippen LogP contribution is -2.35. The van der Waals surface area contributed by atoms with Crippen molar-refractivity contribution < 1.29 is 18.3 Å². The summed E-state index contributed by atoms with van der Waals surface area (Å²) in [5.74, 6) is -0.951. The number of carbonyl (C=O) groups excluding carboxylic acids is 1. The number of hydrogen-bond acceptors (Lipinski definition) is 3. The standard InChI is InChI=1S/C26H31F2N3O2/c1-26(2,3)24(30-12-7-13-33-25(29)32)23-14-19(21-15-20(27)10-11-22(21)28)17-31(23)16-18-8-5-4-6-9-18/h4-6,8-11,14-15,17,24,30H,7,12-13,16H2,1-3H3,(H2,29,32)/t24-/m0/s1. The van der Waals surface area contributed by atoms with E-state index in [1.54, 1.807) is 0 Å². The van der Waals surface area contributed by atoms with Gasteiger partial charge in [-0.25, -0.2) is 13.6 Å². The highest BCUT2D eigenvalue weighted by molar-refractivity contribution is 5.65. The number of nitrogens with zero attached hydrogens (tertiary/aromatic N) is 1. The van der Waals surface area contributed by atoms with Crippen LogP contribution >= 0.6 is 0 Å². The molecule has 1 atom stereocenters. The van der Waals surface area contributed by atoms with Crippen LogP contribution in [0.25, 0.3) is 11.1 Å². The minimum absolute atomic E-state index is 0.0971. The average Bonchev–Trinajstić information content (AvgIpc) is 3.14. The predicted octanol–water partition coefficient (Wildman–Crippen LogP) is 5.64. The maximum Gasteiger partial charge on any atom is 0.404 e. The Morgan fingerprint density at radius 2 is 1.85 bits per heavy atom. The van der Waals surface area contributed by atoms with Crippen molar-refractivity contribution in [2.24, 2.45) is 11.1 Å². The molecule has 0 bridgehead atoms. The Morgan fingerprint density at radius 3 is 2.52 bits per heavy atom. The third kappa shape index (κ3) is 6.65. The molecule has 0 spiro atoms. The molecule has 0 aliphatic carbocycles. The van der Waals surface area contributed by atoms with E-state index in [2.05, 4.69) is 30.7 Å². The van der Waals surface area contributed by atoms with Crippen molar-refractivity contribution in [1.29, 1.82) is 0 Å². The zero-order valence-corrected chi connectivity index (χ0v) is 19.3. The van der Waals surface area contributed by atoms with E-state index in [0.29, 0.717) is 25.1 Å². The van der Waals surface area contributed by atoms with Crippen LogP contribution in [0.1, 0.15) is 44.5 Å². The van der Waals surface area contributed by atoms with Crippen LogP contribution in [0, 0.1) is 17.0 Å².